The lowest BCUT2D eigenvalue weighted by Gasteiger charge is -2.12. The third-order valence-electron chi connectivity index (χ3n) is 4.21. The summed E-state index contributed by atoms with van der Waals surface area (Å²) in [5.74, 6) is 0.296. The Bertz CT molecular complexity index is 1000. The number of phenols is 1. The molecule has 2 aromatic heterocycles. The van der Waals surface area contributed by atoms with Gasteiger partial charge in [0.25, 0.3) is 0 Å². The van der Waals surface area contributed by atoms with Gasteiger partial charge in [0.1, 0.15) is 17.9 Å². The molecule has 0 aliphatic rings. The summed E-state index contributed by atoms with van der Waals surface area (Å²) in [7, 11) is 1.56. The van der Waals surface area contributed by atoms with E-state index in [9.17, 15) is 9.90 Å². The third kappa shape index (κ3) is 4.38. The number of para-hydroxylation sites is 1. The number of benzene rings is 1. The van der Waals surface area contributed by atoms with Crippen molar-refractivity contribution in [2.75, 3.05) is 26.9 Å². The van der Waals surface area contributed by atoms with E-state index in [0.29, 0.717) is 23.7 Å². The number of nitrogens with zero attached hydrogens (tertiary/aromatic N) is 3. The Morgan fingerprint density at radius 3 is 2.72 bits per heavy atom. The van der Waals surface area contributed by atoms with Gasteiger partial charge in [-0.05, 0) is 37.6 Å². The van der Waals surface area contributed by atoms with Crippen LogP contribution in [0.25, 0.3) is 17.1 Å². The molecular weight excluding hydrogens is 374 g/mol. The molecule has 0 radical (unpaired) electrons. The average Bonchev–Trinajstić information content (AvgIpc) is 3.14. The van der Waals surface area contributed by atoms with E-state index in [1.54, 1.807) is 38.3 Å². The molecule has 29 heavy (non-hydrogen) atoms. The molecule has 0 atom stereocenters. The summed E-state index contributed by atoms with van der Waals surface area (Å²) in [5.41, 5.74) is 2.13. The van der Waals surface area contributed by atoms with Gasteiger partial charge in [0, 0.05) is 12.7 Å². The van der Waals surface area contributed by atoms with Crippen molar-refractivity contribution in [3.05, 3.63) is 53.7 Å². The smallest absolute Gasteiger partial charge is 0.345 e. The van der Waals surface area contributed by atoms with Gasteiger partial charge in [-0.1, -0.05) is 18.2 Å². The van der Waals surface area contributed by atoms with E-state index in [-0.39, 0.29) is 30.4 Å². The van der Waals surface area contributed by atoms with Crippen LogP contribution < -0.4 is 4.74 Å². The molecule has 3 rings (SSSR count). The Morgan fingerprint density at radius 1 is 1.17 bits per heavy atom. The zero-order chi connectivity index (χ0) is 20.8. The van der Waals surface area contributed by atoms with Crippen LogP contribution in [0.15, 0.2) is 42.6 Å². The van der Waals surface area contributed by atoms with E-state index in [4.69, 9.17) is 14.2 Å². The van der Waals surface area contributed by atoms with Gasteiger partial charge in [0.05, 0.1) is 25.1 Å². The first kappa shape index (κ1) is 20.3. The fourth-order valence-corrected chi connectivity index (χ4v) is 2.77. The monoisotopic (exact) mass is 397 g/mol. The van der Waals surface area contributed by atoms with E-state index in [0.717, 1.165) is 5.56 Å². The maximum Gasteiger partial charge on any atom is 0.345 e. The lowest BCUT2D eigenvalue weighted by Crippen LogP contribution is -2.13. The number of phenolic OH excluding ortho intramolecular Hbond substituents is 1. The first-order chi connectivity index (χ1) is 14.1. The molecule has 1 aromatic carbocycles. The molecule has 8 nitrogen and oxygen atoms in total. The maximum atomic E-state index is 12.3. The summed E-state index contributed by atoms with van der Waals surface area (Å²) < 4.78 is 17.3. The normalized spacial score (nSPS) is 10.7. The highest BCUT2D eigenvalue weighted by atomic mass is 16.5. The predicted octanol–water partition coefficient (Wildman–Crippen LogP) is 3.15. The van der Waals surface area contributed by atoms with Crippen molar-refractivity contribution in [2.45, 2.75) is 13.8 Å². The molecule has 0 aliphatic heterocycles. The summed E-state index contributed by atoms with van der Waals surface area (Å²) in [6.45, 7) is 4.36. The molecule has 0 spiro atoms. The standard InChI is InChI=1S/C21H23N3O5/c1-4-28-21(26)16-13-22-24(20(16)29-12-11-27-3)18-10-6-9-17(23-18)15-8-5-7-14(2)19(15)25/h5-10,13,25H,4,11-12H2,1-3H3. The molecular formula is C21H23N3O5. The summed E-state index contributed by atoms with van der Waals surface area (Å²) in [6, 6.07) is 10.8. The van der Waals surface area contributed by atoms with Crippen molar-refractivity contribution in [1.82, 2.24) is 14.8 Å². The summed E-state index contributed by atoms with van der Waals surface area (Å²) in [4.78, 5) is 16.9. The van der Waals surface area contributed by atoms with Gasteiger partial charge in [0.2, 0.25) is 5.88 Å². The Kier molecular flexibility index (Phi) is 6.46. The average molecular weight is 397 g/mol. The Labute approximate surface area is 168 Å². The van der Waals surface area contributed by atoms with Gasteiger partial charge in [-0.3, -0.25) is 0 Å². The van der Waals surface area contributed by atoms with Gasteiger partial charge in [0.15, 0.2) is 5.82 Å². The number of aromatic hydroxyl groups is 1. The van der Waals surface area contributed by atoms with Crippen molar-refractivity contribution < 1.29 is 24.1 Å². The lowest BCUT2D eigenvalue weighted by atomic mass is 10.1. The highest BCUT2D eigenvalue weighted by Crippen LogP contribution is 2.31. The third-order valence-corrected chi connectivity index (χ3v) is 4.21. The van der Waals surface area contributed by atoms with Gasteiger partial charge in [-0.2, -0.15) is 9.78 Å². The predicted molar refractivity (Wildman–Crippen MR) is 107 cm³/mol. The lowest BCUT2D eigenvalue weighted by molar-refractivity contribution is 0.0519. The summed E-state index contributed by atoms with van der Waals surface area (Å²) >= 11 is 0. The Balaban J connectivity index is 2.04. The van der Waals surface area contributed by atoms with E-state index in [1.165, 1.54) is 10.9 Å². The van der Waals surface area contributed by atoms with Gasteiger partial charge < -0.3 is 19.3 Å². The largest absolute Gasteiger partial charge is 0.507 e. The number of methoxy groups -OCH3 is 1. The zero-order valence-corrected chi connectivity index (χ0v) is 16.6. The summed E-state index contributed by atoms with van der Waals surface area (Å²) in [5, 5.41) is 14.7. The number of ether oxygens (including phenoxy) is 3. The Morgan fingerprint density at radius 2 is 1.97 bits per heavy atom. The molecule has 0 saturated carbocycles. The van der Waals surface area contributed by atoms with Crippen LogP contribution in [0.5, 0.6) is 11.6 Å². The molecule has 0 amide bonds. The van der Waals surface area contributed by atoms with Crippen LogP contribution in [0.4, 0.5) is 0 Å². The molecule has 0 unspecified atom stereocenters. The molecule has 152 valence electrons. The first-order valence-corrected chi connectivity index (χ1v) is 9.20. The van der Waals surface area contributed by atoms with Gasteiger partial charge >= 0.3 is 5.97 Å². The second-order valence-corrected chi connectivity index (χ2v) is 6.19. The number of esters is 1. The minimum Gasteiger partial charge on any atom is -0.507 e. The molecule has 3 aromatic rings. The Hall–Kier alpha value is -3.39. The SMILES string of the molecule is CCOC(=O)c1cnn(-c2cccc(-c3cccc(C)c3O)n2)c1OCCOC. The number of rotatable bonds is 8. The number of hydrogen-bond donors (Lipinski definition) is 1. The van der Waals surface area contributed by atoms with E-state index in [1.807, 2.05) is 19.1 Å². The molecule has 0 bridgehead atoms. The van der Waals surface area contributed by atoms with Crippen LogP contribution in [0.2, 0.25) is 0 Å². The van der Waals surface area contributed by atoms with Crippen LogP contribution in [0, 0.1) is 6.92 Å². The number of carbonyl (C=O) groups is 1. The zero-order valence-electron chi connectivity index (χ0n) is 16.6. The summed E-state index contributed by atoms with van der Waals surface area (Å²) in [6.07, 6.45) is 1.39. The number of hydrogen-bond acceptors (Lipinski definition) is 7. The highest BCUT2D eigenvalue weighted by Gasteiger charge is 2.22. The van der Waals surface area contributed by atoms with Gasteiger partial charge in [-0.25, -0.2) is 9.78 Å². The van der Waals surface area contributed by atoms with Gasteiger partial charge in [-0.15, -0.1) is 0 Å². The first-order valence-electron chi connectivity index (χ1n) is 9.20. The van der Waals surface area contributed by atoms with Crippen molar-refractivity contribution >= 4 is 5.97 Å². The molecule has 0 saturated heterocycles. The number of aromatic nitrogens is 3. The van der Waals surface area contributed by atoms with Crippen molar-refractivity contribution in [2.24, 2.45) is 0 Å². The van der Waals surface area contributed by atoms with Crippen LogP contribution >= 0.6 is 0 Å². The molecule has 2 heterocycles. The minimum absolute atomic E-state index is 0.168. The molecule has 0 aliphatic carbocycles. The van der Waals surface area contributed by atoms with Crippen LogP contribution in [0.1, 0.15) is 22.8 Å². The van der Waals surface area contributed by atoms with Crippen molar-refractivity contribution in [1.29, 1.82) is 0 Å². The highest BCUT2D eigenvalue weighted by molar-refractivity contribution is 5.92. The van der Waals surface area contributed by atoms with Crippen LogP contribution in [0.3, 0.4) is 0 Å². The molecule has 8 heteroatoms. The van der Waals surface area contributed by atoms with E-state index < -0.39 is 5.97 Å². The van der Waals surface area contributed by atoms with Crippen LogP contribution in [-0.4, -0.2) is 52.8 Å². The van der Waals surface area contributed by atoms with E-state index >= 15 is 0 Å². The topological polar surface area (TPSA) is 95.7 Å². The number of pyridine rings is 1. The molecule has 0 fully saturated rings. The quantitative estimate of drug-likeness (QED) is 0.461. The number of carbonyl (C=O) groups excluding carboxylic acids is 1. The maximum absolute atomic E-state index is 12.3. The second kappa shape index (κ2) is 9.20. The van der Waals surface area contributed by atoms with Crippen LogP contribution in [-0.2, 0) is 9.47 Å². The fourth-order valence-electron chi connectivity index (χ4n) is 2.77. The minimum atomic E-state index is -0.529. The number of aryl methyl sites for hydroxylation is 1. The second-order valence-electron chi connectivity index (χ2n) is 6.19. The molecule has 1 N–H and O–H groups in total. The van der Waals surface area contributed by atoms with E-state index in [2.05, 4.69) is 10.1 Å². The van der Waals surface area contributed by atoms with Crippen molar-refractivity contribution in [3.63, 3.8) is 0 Å². The fraction of sp³-hybridized carbons (Fsp3) is 0.286. The van der Waals surface area contributed by atoms with Crippen molar-refractivity contribution in [3.8, 4) is 28.7 Å².